The number of hydrazone groups is 1. The van der Waals surface area contributed by atoms with Gasteiger partial charge >= 0.3 is 0 Å². The third kappa shape index (κ3) is 3.61. The lowest BCUT2D eigenvalue weighted by atomic mass is 9.82. The van der Waals surface area contributed by atoms with E-state index in [1.165, 1.54) is 16.7 Å². The Labute approximate surface area is 181 Å². The van der Waals surface area contributed by atoms with Crippen LogP contribution in [0.4, 0.5) is 0 Å². The maximum atomic E-state index is 4.82. The van der Waals surface area contributed by atoms with Crippen molar-refractivity contribution in [3.63, 3.8) is 0 Å². The fraction of sp³-hybridized carbons (Fsp3) is 0.292. The lowest BCUT2D eigenvalue weighted by Gasteiger charge is -2.24. The van der Waals surface area contributed by atoms with E-state index >= 15 is 0 Å². The largest absolute Gasteiger partial charge is 0.288 e. The summed E-state index contributed by atoms with van der Waals surface area (Å²) >= 11 is 0. The molecule has 3 aromatic rings. The third-order valence-electron chi connectivity index (χ3n) is 6.03. The molecule has 31 heavy (non-hydrogen) atoms. The summed E-state index contributed by atoms with van der Waals surface area (Å²) in [5, 5.41) is 9.13. The van der Waals surface area contributed by atoms with Crippen LogP contribution in [0.2, 0.25) is 0 Å². The summed E-state index contributed by atoms with van der Waals surface area (Å²) in [5.74, 6) is 1.30. The number of nitrogens with zero attached hydrogens (tertiary/aromatic N) is 4. The highest BCUT2D eigenvalue weighted by Gasteiger charge is 2.27. The van der Waals surface area contributed by atoms with Crippen molar-refractivity contribution in [3.8, 4) is 0 Å². The highest BCUT2D eigenvalue weighted by molar-refractivity contribution is 5.88. The van der Waals surface area contributed by atoms with Crippen molar-refractivity contribution < 1.29 is 0 Å². The number of fused-ring (bicyclic) bond motifs is 1. The molecule has 7 heteroatoms. The van der Waals surface area contributed by atoms with Gasteiger partial charge in [0.15, 0.2) is 5.65 Å². The standard InChI is InChI=1S/C24H27N7/c1-4-22-21(24-25-15(2)13-16(3)31(24)28-22)14-17-9-11-18(12-10-17)19-7-5-6-8-20(19)23-26-29-30-27-23/h5-13,19-20,29-30H,4,14H2,1-3H3,(H,26,27). The van der Waals surface area contributed by atoms with Crippen molar-refractivity contribution in [2.45, 2.75) is 39.5 Å². The molecular formula is C24H27N7. The second kappa shape index (κ2) is 8.00. The first-order chi connectivity index (χ1) is 15.1. The second-order valence-corrected chi connectivity index (χ2v) is 8.15. The van der Waals surface area contributed by atoms with Gasteiger partial charge in [0, 0.05) is 35.2 Å². The lowest BCUT2D eigenvalue weighted by molar-refractivity contribution is 0.572. The number of allylic oxidation sites excluding steroid dienone is 3. The van der Waals surface area contributed by atoms with Gasteiger partial charge in [-0.2, -0.15) is 5.10 Å². The van der Waals surface area contributed by atoms with Gasteiger partial charge in [-0.15, -0.1) is 10.6 Å². The fourth-order valence-corrected chi connectivity index (χ4v) is 4.49. The topological polar surface area (TPSA) is 78.6 Å². The summed E-state index contributed by atoms with van der Waals surface area (Å²) in [6.07, 6.45) is 10.3. The molecule has 7 nitrogen and oxygen atoms in total. The summed E-state index contributed by atoms with van der Waals surface area (Å²) in [5.41, 5.74) is 16.7. The maximum Gasteiger partial charge on any atom is 0.159 e. The molecule has 2 aliphatic rings. The number of hydrogen-bond donors (Lipinski definition) is 3. The number of amidine groups is 1. The van der Waals surface area contributed by atoms with Crippen LogP contribution in [0, 0.1) is 19.8 Å². The first kappa shape index (κ1) is 19.5. The molecule has 0 saturated carbocycles. The van der Waals surface area contributed by atoms with Gasteiger partial charge in [-0.05, 0) is 37.5 Å². The summed E-state index contributed by atoms with van der Waals surface area (Å²) in [4.78, 5) is 4.80. The Balaban J connectivity index is 1.44. The Morgan fingerprint density at radius 2 is 1.81 bits per heavy atom. The monoisotopic (exact) mass is 413 g/mol. The van der Waals surface area contributed by atoms with Crippen LogP contribution in [0.1, 0.15) is 46.6 Å². The van der Waals surface area contributed by atoms with E-state index in [4.69, 9.17) is 10.1 Å². The zero-order valence-electron chi connectivity index (χ0n) is 18.1. The average molecular weight is 414 g/mol. The van der Waals surface area contributed by atoms with Crippen molar-refractivity contribution in [2.24, 2.45) is 11.0 Å². The van der Waals surface area contributed by atoms with Gasteiger partial charge in [-0.3, -0.25) is 5.43 Å². The van der Waals surface area contributed by atoms with Gasteiger partial charge in [0.2, 0.25) is 0 Å². The third-order valence-corrected chi connectivity index (χ3v) is 6.03. The molecule has 0 spiro atoms. The molecule has 1 aliphatic carbocycles. The first-order valence-corrected chi connectivity index (χ1v) is 10.8. The Morgan fingerprint density at radius 1 is 1.03 bits per heavy atom. The zero-order chi connectivity index (χ0) is 21.4. The van der Waals surface area contributed by atoms with Gasteiger partial charge in [0.1, 0.15) is 5.84 Å². The summed E-state index contributed by atoms with van der Waals surface area (Å²) < 4.78 is 1.98. The first-order valence-electron chi connectivity index (χ1n) is 10.8. The molecule has 3 heterocycles. The van der Waals surface area contributed by atoms with Crippen molar-refractivity contribution >= 4 is 11.5 Å². The highest BCUT2D eigenvalue weighted by Crippen LogP contribution is 2.31. The smallest absolute Gasteiger partial charge is 0.159 e. The Kier molecular flexibility index (Phi) is 5.03. The van der Waals surface area contributed by atoms with E-state index in [2.05, 4.69) is 90.1 Å². The predicted molar refractivity (Wildman–Crippen MR) is 122 cm³/mol. The molecule has 1 aliphatic heterocycles. The van der Waals surface area contributed by atoms with E-state index in [1.54, 1.807) is 0 Å². The number of hydrazine groups is 2. The molecule has 0 saturated heterocycles. The molecule has 158 valence electrons. The number of benzene rings is 1. The van der Waals surface area contributed by atoms with Crippen LogP contribution in [0.3, 0.4) is 0 Å². The maximum absolute atomic E-state index is 4.82. The number of rotatable bonds is 5. The van der Waals surface area contributed by atoms with Gasteiger partial charge < -0.3 is 0 Å². The molecule has 0 amide bonds. The Bertz CT molecular complexity index is 1200. The SMILES string of the molecule is CCc1nn2c(C)cc(C)nc2c1Cc1ccc(C2C=CC=CC2C2=NNNN2)cc1. The van der Waals surface area contributed by atoms with Gasteiger partial charge in [0.25, 0.3) is 0 Å². The van der Waals surface area contributed by atoms with E-state index in [-0.39, 0.29) is 11.8 Å². The van der Waals surface area contributed by atoms with Crippen LogP contribution in [-0.4, -0.2) is 20.4 Å². The molecular weight excluding hydrogens is 386 g/mol. The van der Waals surface area contributed by atoms with Crippen molar-refractivity contribution in [2.75, 3.05) is 0 Å². The summed E-state index contributed by atoms with van der Waals surface area (Å²) in [7, 11) is 0. The minimum Gasteiger partial charge on any atom is -0.288 e. The average Bonchev–Trinajstić information content (AvgIpc) is 3.43. The number of nitrogens with one attached hydrogen (secondary N) is 3. The quantitative estimate of drug-likeness (QED) is 0.598. The molecule has 3 N–H and O–H groups in total. The van der Waals surface area contributed by atoms with Gasteiger partial charge in [0.05, 0.1) is 5.69 Å². The molecule has 0 radical (unpaired) electrons. The lowest BCUT2D eigenvalue weighted by Crippen LogP contribution is -2.39. The van der Waals surface area contributed by atoms with Gasteiger partial charge in [-0.1, -0.05) is 55.5 Å². The summed E-state index contributed by atoms with van der Waals surface area (Å²) in [6.45, 7) is 6.29. The number of hydrogen-bond acceptors (Lipinski definition) is 6. The van der Waals surface area contributed by atoms with E-state index in [9.17, 15) is 0 Å². The fourth-order valence-electron chi connectivity index (χ4n) is 4.49. The minimum absolute atomic E-state index is 0.166. The van der Waals surface area contributed by atoms with Crippen LogP contribution < -0.4 is 16.5 Å². The zero-order valence-corrected chi connectivity index (χ0v) is 18.1. The summed E-state index contributed by atoms with van der Waals surface area (Å²) in [6, 6.07) is 11.0. The molecule has 0 fully saturated rings. The molecule has 2 atom stereocenters. The molecule has 1 aromatic carbocycles. The predicted octanol–water partition coefficient (Wildman–Crippen LogP) is 3.25. The van der Waals surface area contributed by atoms with Crippen LogP contribution in [0.5, 0.6) is 0 Å². The minimum atomic E-state index is 0.166. The second-order valence-electron chi connectivity index (χ2n) is 8.15. The Hall–Kier alpha value is -3.45. The highest BCUT2D eigenvalue weighted by atomic mass is 15.8. The molecule has 2 unspecified atom stereocenters. The van der Waals surface area contributed by atoms with Crippen molar-refractivity contribution in [1.82, 2.24) is 31.1 Å². The van der Waals surface area contributed by atoms with Crippen molar-refractivity contribution in [1.29, 1.82) is 0 Å². The Morgan fingerprint density at radius 3 is 2.52 bits per heavy atom. The van der Waals surface area contributed by atoms with E-state index < -0.39 is 0 Å². The molecule has 5 rings (SSSR count). The van der Waals surface area contributed by atoms with E-state index in [1.807, 2.05) is 11.4 Å². The van der Waals surface area contributed by atoms with E-state index in [0.717, 1.165) is 41.4 Å². The van der Waals surface area contributed by atoms with Crippen LogP contribution in [0.25, 0.3) is 5.65 Å². The van der Waals surface area contributed by atoms with Crippen molar-refractivity contribution in [3.05, 3.63) is 88.4 Å². The van der Waals surface area contributed by atoms with Crippen LogP contribution in [-0.2, 0) is 12.8 Å². The normalized spacial score (nSPS) is 20.0. The van der Waals surface area contributed by atoms with Gasteiger partial charge in [-0.25, -0.2) is 15.0 Å². The van der Waals surface area contributed by atoms with Crippen LogP contribution >= 0.6 is 0 Å². The van der Waals surface area contributed by atoms with E-state index in [0.29, 0.717) is 0 Å². The number of aryl methyl sites for hydroxylation is 3. The number of aromatic nitrogens is 3. The molecule has 0 bridgehead atoms. The van der Waals surface area contributed by atoms with Crippen LogP contribution in [0.15, 0.2) is 59.7 Å². The molecule has 2 aromatic heterocycles.